The van der Waals surface area contributed by atoms with Gasteiger partial charge in [-0.25, -0.2) is 0 Å². The predicted octanol–water partition coefficient (Wildman–Crippen LogP) is 4.33. The molecule has 0 spiro atoms. The number of anilines is 1. The molecule has 0 radical (unpaired) electrons. The molecule has 2 rings (SSSR count). The van der Waals surface area contributed by atoms with Crippen LogP contribution in [0.2, 0.25) is 0 Å². The Hall–Kier alpha value is -2.02. The van der Waals surface area contributed by atoms with E-state index in [1.165, 1.54) is 11.1 Å². The molecule has 0 saturated carbocycles. The van der Waals surface area contributed by atoms with Crippen molar-refractivity contribution in [1.29, 1.82) is 0 Å². The summed E-state index contributed by atoms with van der Waals surface area (Å²) in [6, 6.07) is 18.9. The molecule has 0 aliphatic carbocycles. The second-order valence-electron chi connectivity index (χ2n) is 4.13. The van der Waals surface area contributed by atoms with Gasteiger partial charge in [-0.15, -0.1) is 6.58 Å². The van der Waals surface area contributed by atoms with E-state index >= 15 is 0 Å². The minimum absolute atomic E-state index is 0.152. The number of rotatable bonds is 4. The number of nitrogens with one attached hydrogen (secondary N) is 1. The van der Waals surface area contributed by atoms with Crippen molar-refractivity contribution in [3.8, 4) is 0 Å². The maximum atomic E-state index is 3.89. The van der Waals surface area contributed by atoms with Crippen LogP contribution in [-0.2, 0) is 0 Å². The van der Waals surface area contributed by atoms with Gasteiger partial charge in [-0.1, -0.05) is 54.1 Å². The van der Waals surface area contributed by atoms with Gasteiger partial charge >= 0.3 is 0 Å². The molecule has 0 saturated heterocycles. The second-order valence-corrected chi connectivity index (χ2v) is 4.13. The Labute approximate surface area is 103 Å². The normalized spacial score (nSPS) is 11.8. The van der Waals surface area contributed by atoms with Crippen LogP contribution in [0.5, 0.6) is 0 Å². The Kier molecular flexibility index (Phi) is 3.61. The number of aryl methyl sites for hydroxylation is 1. The van der Waals surface area contributed by atoms with Gasteiger partial charge in [0.1, 0.15) is 0 Å². The Morgan fingerprint density at radius 1 is 1.00 bits per heavy atom. The molecular formula is C16H17N. The van der Waals surface area contributed by atoms with E-state index in [4.69, 9.17) is 0 Å². The van der Waals surface area contributed by atoms with Crippen molar-refractivity contribution >= 4 is 5.69 Å². The van der Waals surface area contributed by atoms with Gasteiger partial charge in [0.15, 0.2) is 0 Å². The van der Waals surface area contributed by atoms with Crippen LogP contribution >= 0.6 is 0 Å². The summed E-state index contributed by atoms with van der Waals surface area (Å²) in [4.78, 5) is 0. The lowest BCUT2D eigenvalue weighted by molar-refractivity contribution is 0.988. The topological polar surface area (TPSA) is 12.0 Å². The molecule has 0 aliphatic heterocycles. The summed E-state index contributed by atoms with van der Waals surface area (Å²) in [7, 11) is 0. The van der Waals surface area contributed by atoms with Crippen LogP contribution in [0.25, 0.3) is 0 Å². The van der Waals surface area contributed by atoms with Gasteiger partial charge in [-0.3, -0.25) is 0 Å². The summed E-state index contributed by atoms with van der Waals surface area (Å²) in [6.45, 7) is 5.98. The first kappa shape index (κ1) is 11.5. The molecule has 2 aromatic carbocycles. The van der Waals surface area contributed by atoms with Crippen LogP contribution in [-0.4, -0.2) is 0 Å². The highest BCUT2D eigenvalue weighted by Gasteiger charge is 2.05. The molecular weight excluding hydrogens is 206 g/mol. The van der Waals surface area contributed by atoms with Crippen molar-refractivity contribution in [3.05, 3.63) is 78.4 Å². The molecule has 1 nitrogen and oxygen atoms in total. The smallest absolute Gasteiger partial charge is 0.0695 e. The molecule has 0 unspecified atom stereocenters. The van der Waals surface area contributed by atoms with Crippen molar-refractivity contribution in [3.63, 3.8) is 0 Å². The molecule has 86 valence electrons. The van der Waals surface area contributed by atoms with Gasteiger partial charge in [-0.2, -0.15) is 0 Å². The molecule has 1 N–H and O–H groups in total. The monoisotopic (exact) mass is 223 g/mol. The summed E-state index contributed by atoms with van der Waals surface area (Å²) in [6.07, 6.45) is 1.93. The lowest BCUT2D eigenvalue weighted by Crippen LogP contribution is -2.07. The first-order valence-corrected chi connectivity index (χ1v) is 5.80. The van der Waals surface area contributed by atoms with Gasteiger partial charge in [0.05, 0.1) is 6.04 Å². The first-order valence-electron chi connectivity index (χ1n) is 5.80. The van der Waals surface area contributed by atoms with Crippen LogP contribution in [0.3, 0.4) is 0 Å². The van der Waals surface area contributed by atoms with E-state index in [2.05, 4.69) is 55.2 Å². The Morgan fingerprint density at radius 2 is 1.65 bits per heavy atom. The maximum Gasteiger partial charge on any atom is 0.0695 e. The SMILES string of the molecule is C=C[C@@H](Nc1ccc(C)cc1)c1ccccc1. The van der Waals surface area contributed by atoms with Crippen molar-refractivity contribution in [1.82, 2.24) is 0 Å². The summed E-state index contributed by atoms with van der Waals surface area (Å²) in [5.74, 6) is 0. The summed E-state index contributed by atoms with van der Waals surface area (Å²) in [5, 5.41) is 3.45. The van der Waals surface area contributed by atoms with E-state index < -0.39 is 0 Å². The van der Waals surface area contributed by atoms with Crippen LogP contribution in [0, 0.1) is 6.92 Å². The fourth-order valence-electron chi connectivity index (χ4n) is 1.77. The third-order valence-electron chi connectivity index (χ3n) is 2.77. The van der Waals surface area contributed by atoms with E-state index in [9.17, 15) is 0 Å². The standard InChI is InChI=1S/C16H17N/c1-3-16(14-7-5-4-6-8-14)17-15-11-9-13(2)10-12-15/h3-12,16-17H,1H2,2H3/t16-/m1/s1. The van der Waals surface area contributed by atoms with E-state index in [1.807, 2.05) is 24.3 Å². The van der Waals surface area contributed by atoms with Crippen LogP contribution in [0.15, 0.2) is 67.3 Å². The quantitative estimate of drug-likeness (QED) is 0.760. The summed E-state index contributed by atoms with van der Waals surface area (Å²) >= 11 is 0. The highest BCUT2D eigenvalue weighted by molar-refractivity contribution is 5.47. The van der Waals surface area contributed by atoms with E-state index in [-0.39, 0.29) is 6.04 Å². The summed E-state index contributed by atoms with van der Waals surface area (Å²) < 4.78 is 0. The molecule has 17 heavy (non-hydrogen) atoms. The number of benzene rings is 2. The zero-order valence-corrected chi connectivity index (χ0v) is 10.1. The average Bonchev–Trinajstić information content (AvgIpc) is 2.39. The fourth-order valence-corrected chi connectivity index (χ4v) is 1.77. The zero-order valence-electron chi connectivity index (χ0n) is 10.1. The number of hydrogen-bond acceptors (Lipinski definition) is 1. The number of hydrogen-bond donors (Lipinski definition) is 1. The highest BCUT2D eigenvalue weighted by Crippen LogP contribution is 2.20. The van der Waals surface area contributed by atoms with Gasteiger partial charge in [-0.05, 0) is 24.6 Å². The third-order valence-corrected chi connectivity index (χ3v) is 2.77. The third kappa shape index (κ3) is 2.97. The largest absolute Gasteiger partial charge is 0.375 e. The predicted molar refractivity (Wildman–Crippen MR) is 74.2 cm³/mol. The molecule has 2 aromatic rings. The molecule has 0 amide bonds. The molecule has 1 heteroatoms. The van der Waals surface area contributed by atoms with E-state index in [0.717, 1.165) is 5.69 Å². The molecule has 0 bridgehead atoms. The summed E-state index contributed by atoms with van der Waals surface area (Å²) in [5.41, 5.74) is 3.61. The lowest BCUT2D eigenvalue weighted by Gasteiger charge is -2.16. The van der Waals surface area contributed by atoms with Crippen LogP contribution in [0.1, 0.15) is 17.2 Å². The van der Waals surface area contributed by atoms with Crippen LogP contribution < -0.4 is 5.32 Å². The molecule has 0 fully saturated rings. The molecule has 1 atom stereocenters. The average molecular weight is 223 g/mol. The second kappa shape index (κ2) is 5.35. The maximum absolute atomic E-state index is 3.89. The Balaban J connectivity index is 2.16. The first-order chi connectivity index (χ1) is 8.29. The van der Waals surface area contributed by atoms with Gasteiger partial charge in [0.2, 0.25) is 0 Å². The fraction of sp³-hybridized carbons (Fsp3) is 0.125. The van der Waals surface area contributed by atoms with Gasteiger partial charge in [0, 0.05) is 5.69 Å². The lowest BCUT2D eigenvalue weighted by atomic mass is 10.1. The van der Waals surface area contributed by atoms with Crippen molar-refractivity contribution in [2.45, 2.75) is 13.0 Å². The minimum Gasteiger partial charge on any atom is -0.375 e. The molecule has 0 aromatic heterocycles. The Bertz CT molecular complexity index is 471. The van der Waals surface area contributed by atoms with Crippen molar-refractivity contribution in [2.75, 3.05) is 5.32 Å². The van der Waals surface area contributed by atoms with Gasteiger partial charge < -0.3 is 5.32 Å². The van der Waals surface area contributed by atoms with Crippen LogP contribution in [0.4, 0.5) is 5.69 Å². The van der Waals surface area contributed by atoms with E-state index in [0.29, 0.717) is 0 Å². The molecule has 0 aliphatic rings. The van der Waals surface area contributed by atoms with Crippen molar-refractivity contribution in [2.24, 2.45) is 0 Å². The van der Waals surface area contributed by atoms with E-state index in [1.54, 1.807) is 0 Å². The minimum atomic E-state index is 0.152. The highest BCUT2D eigenvalue weighted by atomic mass is 14.9. The Morgan fingerprint density at radius 3 is 2.24 bits per heavy atom. The van der Waals surface area contributed by atoms with Crippen molar-refractivity contribution < 1.29 is 0 Å². The zero-order chi connectivity index (χ0) is 12.1. The molecule has 0 heterocycles. The van der Waals surface area contributed by atoms with Gasteiger partial charge in [0.25, 0.3) is 0 Å².